The number of rotatable bonds is 1. The molecule has 3 rings (SSSR count). The third-order valence-electron chi connectivity index (χ3n) is 3.73. The van der Waals surface area contributed by atoms with Crippen molar-refractivity contribution >= 4 is 22.8 Å². The Morgan fingerprint density at radius 1 is 1.39 bits per heavy atom. The minimum absolute atomic E-state index is 0.491. The van der Waals surface area contributed by atoms with Gasteiger partial charge in [-0.05, 0) is 45.1 Å². The zero-order valence-electron chi connectivity index (χ0n) is 10.4. The number of nitrogens with two attached hydrogens (primary N) is 1. The highest BCUT2D eigenvalue weighted by Gasteiger charge is 2.23. The molecule has 0 spiro atoms. The number of aromatic nitrogens is 2. The van der Waals surface area contributed by atoms with Crippen LogP contribution in [0, 0.1) is 0 Å². The van der Waals surface area contributed by atoms with Crippen molar-refractivity contribution in [3.63, 3.8) is 0 Å². The van der Waals surface area contributed by atoms with Gasteiger partial charge < -0.3 is 15.0 Å². The Morgan fingerprint density at radius 3 is 2.83 bits per heavy atom. The first-order valence-corrected chi connectivity index (χ1v) is 6.64. The molecule has 0 atom stereocenters. The van der Waals surface area contributed by atoms with Gasteiger partial charge >= 0.3 is 0 Å². The molecule has 1 fully saturated rings. The Kier molecular flexibility index (Phi) is 2.92. The summed E-state index contributed by atoms with van der Waals surface area (Å²) in [7, 11) is 2.16. The number of hydrogen-bond acceptors (Lipinski definition) is 3. The van der Waals surface area contributed by atoms with Gasteiger partial charge in [-0.1, -0.05) is 11.6 Å². The minimum Gasteiger partial charge on any atom is -0.399 e. The number of nitrogens with zero attached hydrogens (tertiary/aromatic N) is 3. The van der Waals surface area contributed by atoms with Crippen LogP contribution in [0.4, 0.5) is 5.69 Å². The Labute approximate surface area is 111 Å². The summed E-state index contributed by atoms with van der Waals surface area (Å²) in [4.78, 5) is 6.89. The molecular weight excluding hydrogens is 248 g/mol. The predicted octanol–water partition coefficient (Wildman–Crippen LogP) is 2.38. The smallest absolute Gasteiger partial charge is 0.155 e. The second kappa shape index (κ2) is 4.44. The molecule has 1 aliphatic rings. The molecule has 2 N–H and O–H groups in total. The van der Waals surface area contributed by atoms with Crippen LogP contribution < -0.4 is 5.73 Å². The van der Waals surface area contributed by atoms with E-state index in [0.29, 0.717) is 11.1 Å². The van der Waals surface area contributed by atoms with Gasteiger partial charge in [-0.25, -0.2) is 4.98 Å². The van der Waals surface area contributed by atoms with E-state index in [9.17, 15) is 0 Å². The first kappa shape index (κ1) is 11.8. The summed E-state index contributed by atoms with van der Waals surface area (Å²) in [5, 5.41) is 0.552. The Bertz CT molecular complexity index is 570. The van der Waals surface area contributed by atoms with Crippen molar-refractivity contribution in [3.05, 3.63) is 29.3 Å². The standard InChI is InChI=1S/C13H17ClN4/c1-17-5-2-9(3-6-17)13-16-12(14)11-8-10(15)4-7-18(11)13/h4,7-9H,2-3,5-6,15H2,1H3. The molecule has 0 unspecified atom stereocenters. The topological polar surface area (TPSA) is 46.6 Å². The number of piperidine rings is 1. The van der Waals surface area contributed by atoms with Gasteiger partial charge in [0.05, 0.1) is 5.52 Å². The van der Waals surface area contributed by atoms with Crippen LogP contribution in [0.25, 0.3) is 5.52 Å². The van der Waals surface area contributed by atoms with Crippen molar-refractivity contribution in [2.24, 2.45) is 0 Å². The zero-order chi connectivity index (χ0) is 12.7. The molecular formula is C13H17ClN4. The molecule has 5 heteroatoms. The number of fused-ring (bicyclic) bond motifs is 1. The highest BCUT2D eigenvalue weighted by molar-refractivity contribution is 6.32. The average molecular weight is 265 g/mol. The Hall–Kier alpha value is -1.26. The second-order valence-electron chi connectivity index (χ2n) is 5.05. The molecule has 1 saturated heterocycles. The lowest BCUT2D eigenvalue weighted by Crippen LogP contribution is -2.29. The Balaban J connectivity index is 2.02. The maximum absolute atomic E-state index is 6.20. The van der Waals surface area contributed by atoms with Crippen molar-refractivity contribution in [1.29, 1.82) is 0 Å². The number of pyridine rings is 1. The second-order valence-corrected chi connectivity index (χ2v) is 5.41. The normalized spacial score (nSPS) is 18.6. The fourth-order valence-electron chi connectivity index (χ4n) is 2.64. The molecule has 0 radical (unpaired) electrons. The Morgan fingerprint density at radius 2 is 2.11 bits per heavy atom. The summed E-state index contributed by atoms with van der Waals surface area (Å²) >= 11 is 6.20. The van der Waals surface area contributed by atoms with Gasteiger partial charge in [0.1, 0.15) is 5.82 Å². The van der Waals surface area contributed by atoms with Gasteiger partial charge in [0.15, 0.2) is 5.15 Å². The first-order valence-electron chi connectivity index (χ1n) is 6.26. The van der Waals surface area contributed by atoms with Crippen LogP contribution in [0.5, 0.6) is 0 Å². The average Bonchev–Trinajstić information content (AvgIpc) is 2.68. The third kappa shape index (κ3) is 1.95. The molecule has 0 aromatic carbocycles. The molecule has 0 amide bonds. The highest BCUT2D eigenvalue weighted by atomic mass is 35.5. The monoisotopic (exact) mass is 264 g/mol. The van der Waals surface area contributed by atoms with Crippen LogP contribution in [0.1, 0.15) is 24.6 Å². The lowest BCUT2D eigenvalue weighted by Gasteiger charge is -2.28. The van der Waals surface area contributed by atoms with Crippen molar-refractivity contribution in [2.45, 2.75) is 18.8 Å². The number of halogens is 1. The van der Waals surface area contributed by atoms with E-state index in [-0.39, 0.29) is 0 Å². The molecule has 2 aromatic rings. The van der Waals surface area contributed by atoms with E-state index >= 15 is 0 Å². The summed E-state index contributed by atoms with van der Waals surface area (Å²) in [6.07, 6.45) is 4.24. The molecule has 3 heterocycles. The predicted molar refractivity (Wildman–Crippen MR) is 74.1 cm³/mol. The van der Waals surface area contributed by atoms with Crippen LogP contribution in [0.2, 0.25) is 5.15 Å². The largest absolute Gasteiger partial charge is 0.399 e. The minimum atomic E-state index is 0.491. The molecule has 2 aromatic heterocycles. The van der Waals surface area contributed by atoms with E-state index in [0.717, 1.165) is 43.0 Å². The SMILES string of the molecule is CN1CCC(c2nc(Cl)c3cc(N)ccn23)CC1. The van der Waals surface area contributed by atoms with E-state index in [1.807, 2.05) is 18.3 Å². The summed E-state index contributed by atoms with van der Waals surface area (Å²) in [5.74, 6) is 1.56. The molecule has 0 aliphatic carbocycles. The first-order chi connectivity index (χ1) is 8.65. The molecule has 4 nitrogen and oxygen atoms in total. The quantitative estimate of drug-likeness (QED) is 0.860. The van der Waals surface area contributed by atoms with Crippen LogP contribution >= 0.6 is 11.6 Å². The fraction of sp³-hybridized carbons (Fsp3) is 0.462. The zero-order valence-corrected chi connectivity index (χ0v) is 11.2. The van der Waals surface area contributed by atoms with Crippen molar-refractivity contribution in [1.82, 2.24) is 14.3 Å². The van der Waals surface area contributed by atoms with Gasteiger partial charge in [0.25, 0.3) is 0 Å². The maximum atomic E-state index is 6.20. The molecule has 96 valence electrons. The van der Waals surface area contributed by atoms with E-state index in [2.05, 4.69) is 21.3 Å². The maximum Gasteiger partial charge on any atom is 0.155 e. The highest BCUT2D eigenvalue weighted by Crippen LogP contribution is 2.30. The summed E-state index contributed by atoms with van der Waals surface area (Å²) in [5.41, 5.74) is 7.42. The number of anilines is 1. The lowest BCUT2D eigenvalue weighted by atomic mass is 9.96. The van der Waals surface area contributed by atoms with Gasteiger partial charge in [0.2, 0.25) is 0 Å². The van der Waals surface area contributed by atoms with Crippen LogP contribution in [0.15, 0.2) is 18.3 Å². The van der Waals surface area contributed by atoms with Gasteiger partial charge in [0, 0.05) is 17.8 Å². The fourth-order valence-corrected chi connectivity index (χ4v) is 2.87. The number of nitrogen functional groups attached to an aromatic ring is 1. The number of imidazole rings is 1. The van der Waals surface area contributed by atoms with E-state index < -0.39 is 0 Å². The van der Waals surface area contributed by atoms with Crippen molar-refractivity contribution < 1.29 is 0 Å². The summed E-state index contributed by atoms with van der Waals surface area (Å²) in [6.45, 7) is 2.23. The molecule has 0 saturated carbocycles. The van der Waals surface area contributed by atoms with Crippen LogP contribution in [0.3, 0.4) is 0 Å². The lowest BCUT2D eigenvalue weighted by molar-refractivity contribution is 0.251. The van der Waals surface area contributed by atoms with E-state index in [1.165, 1.54) is 0 Å². The van der Waals surface area contributed by atoms with Crippen LogP contribution in [-0.4, -0.2) is 34.4 Å². The van der Waals surface area contributed by atoms with E-state index in [1.54, 1.807) is 0 Å². The molecule has 1 aliphatic heterocycles. The molecule has 18 heavy (non-hydrogen) atoms. The van der Waals surface area contributed by atoms with Gasteiger partial charge in [-0.15, -0.1) is 0 Å². The number of likely N-dealkylation sites (tertiary alicyclic amines) is 1. The van der Waals surface area contributed by atoms with Gasteiger partial charge in [-0.3, -0.25) is 0 Å². The molecule has 0 bridgehead atoms. The van der Waals surface area contributed by atoms with Gasteiger partial charge in [-0.2, -0.15) is 0 Å². The summed E-state index contributed by atoms with van der Waals surface area (Å²) in [6, 6.07) is 3.78. The van der Waals surface area contributed by atoms with Crippen LogP contribution in [-0.2, 0) is 0 Å². The van der Waals surface area contributed by atoms with Crippen molar-refractivity contribution in [3.8, 4) is 0 Å². The summed E-state index contributed by atoms with van der Waals surface area (Å²) < 4.78 is 2.08. The number of hydrogen-bond donors (Lipinski definition) is 1. The van der Waals surface area contributed by atoms with E-state index in [4.69, 9.17) is 17.3 Å². The third-order valence-corrected chi connectivity index (χ3v) is 4.01. The van der Waals surface area contributed by atoms with Crippen molar-refractivity contribution in [2.75, 3.05) is 25.9 Å².